The Balaban J connectivity index is 2.96. The first-order valence-electron chi connectivity index (χ1n) is 4.53. The van der Waals surface area contributed by atoms with Gasteiger partial charge in [-0.05, 0) is 18.1 Å². The van der Waals surface area contributed by atoms with Crippen molar-refractivity contribution in [3.8, 4) is 5.75 Å². The van der Waals surface area contributed by atoms with Crippen LogP contribution >= 0.6 is 0 Å². The topological polar surface area (TPSA) is 37.3 Å². The van der Waals surface area contributed by atoms with Crippen LogP contribution in [0.5, 0.6) is 5.75 Å². The van der Waals surface area contributed by atoms with Crippen LogP contribution in [-0.2, 0) is 0 Å². The number of benzene rings is 1. The molecule has 0 saturated heterocycles. The minimum Gasteiger partial charge on any atom is -0.504 e. The second-order valence-corrected chi connectivity index (χ2v) is 3.66. The van der Waals surface area contributed by atoms with Crippen molar-refractivity contribution in [2.75, 3.05) is 0 Å². The molecule has 0 unspecified atom stereocenters. The normalized spacial score (nSPS) is 10.6. The van der Waals surface area contributed by atoms with Gasteiger partial charge >= 0.3 is 0 Å². The van der Waals surface area contributed by atoms with Gasteiger partial charge < -0.3 is 5.11 Å². The van der Waals surface area contributed by atoms with Crippen molar-refractivity contribution >= 4 is 5.78 Å². The van der Waals surface area contributed by atoms with E-state index in [-0.39, 0.29) is 17.3 Å². The lowest BCUT2D eigenvalue weighted by Crippen LogP contribution is -2.04. The number of aromatic hydroxyl groups is 1. The van der Waals surface area contributed by atoms with Crippen LogP contribution in [0.15, 0.2) is 18.2 Å². The molecule has 1 N–H and O–H groups in total. The van der Waals surface area contributed by atoms with Gasteiger partial charge in [-0.3, -0.25) is 4.79 Å². The summed E-state index contributed by atoms with van der Waals surface area (Å²) >= 11 is 0. The Labute approximate surface area is 82.4 Å². The number of ketones is 1. The molecule has 1 aromatic rings. The molecule has 2 nitrogen and oxygen atoms in total. The second-order valence-electron chi connectivity index (χ2n) is 3.66. The van der Waals surface area contributed by atoms with Crippen LogP contribution in [0, 0.1) is 11.7 Å². The Bertz CT molecular complexity index is 345. The van der Waals surface area contributed by atoms with E-state index in [9.17, 15) is 14.3 Å². The van der Waals surface area contributed by atoms with Crippen LogP contribution < -0.4 is 0 Å². The fraction of sp³-hybridized carbons (Fsp3) is 0.364. The summed E-state index contributed by atoms with van der Waals surface area (Å²) in [5, 5.41) is 9.29. The van der Waals surface area contributed by atoms with E-state index in [0.29, 0.717) is 6.42 Å². The Morgan fingerprint density at radius 2 is 2.14 bits per heavy atom. The second kappa shape index (κ2) is 4.22. The van der Waals surface area contributed by atoms with E-state index in [1.165, 1.54) is 12.1 Å². The molecule has 1 aromatic carbocycles. The molecule has 0 saturated carbocycles. The Hall–Kier alpha value is -1.38. The molecule has 0 amide bonds. The van der Waals surface area contributed by atoms with Gasteiger partial charge in [-0.15, -0.1) is 0 Å². The first kappa shape index (κ1) is 10.7. The first-order valence-corrected chi connectivity index (χ1v) is 4.53. The van der Waals surface area contributed by atoms with E-state index in [2.05, 4.69) is 0 Å². The van der Waals surface area contributed by atoms with E-state index in [1.54, 1.807) is 0 Å². The smallest absolute Gasteiger partial charge is 0.166 e. The highest BCUT2D eigenvalue weighted by molar-refractivity contribution is 5.98. The zero-order valence-electron chi connectivity index (χ0n) is 8.25. The predicted molar refractivity (Wildman–Crippen MR) is 51.9 cm³/mol. The molecule has 76 valence electrons. The van der Waals surface area contributed by atoms with Crippen molar-refractivity contribution in [2.45, 2.75) is 20.3 Å². The van der Waals surface area contributed by atoms with Crippen LogP contribution in [0.3, 0.4) is 0 Å². The van der Waals surface area contributed by atoms with Crippen molar-refractivity contribution in [2.24, 2.45) is 5.92 Å². The molecule has 1 rings (SSSR count). The van der Waals surface area contributed by atoms with Gasteiger partial charge in [0.15, 0.2) is 17.3 Å². The molecule has 14 heavy (non-hydrogen) atoms. The Morgan fingerprint density at radius 3 is 2.71 bits per heavy atom. The third kappa shape index (κ3) is 2.31. The molecule has 0 aliphatic carbocycles. The number of carbonyl (C=O) groups excluding carboxylic acids is 1. The van der Waals surface area contributed by atoms with Gasteiger partial charge in [0.05, 0.1) is 5.56 Å². The lowest BCUT2D eigenvalue weighted by Gasteiger charge is -2.06. The summed E-state index contributed by atoms with van der Waals surface area (Å²) in [4.78, 5) is 11.5. The van der Waals surface area contributed by atoms with Gasteiger partial charge in [-0.25, -0.2) is 4.39 Å². The third-order valence-corrected chi connectivity index (χ3v) is 1.88. The number of phenolic OH excluding ortho intramolecular Hbond substituents is 1. The maximum Gasteiger partial charge on any atom is 0.166 e. The maximum atomic E-state index is 12.9. The van der Waals surface area contributed by atoms with E-state index in [1.807, 2.05) is 13.8 Å². The fourth-order valence-corrected chi connectivity index (χ4v) is 1.22. The SMILES string of the molecule is CC(C)CC(=O)c1cccc(F)c1O. The predicted octanol–water partition coefficient (Wildman–Crippen LogP) is 2.76. The quantitative estimate of drug-likeness (QED) is 0.755. The molecule has 3 heteroatoms. The summed E-state index contributed by atoms with van der Waals surface area (Å²) in [7, 11) is 0. The largest absolute Gasteiger partial charge is 0.504 e. The van der Waals surface area contributed by atoms with E-state index < -0.39 is 11.6 Å². The van der Waals surface area contributed by atoms with Gasteiger partial charge in [0, 0.05) is 6.42 Å². The third-order valence-electron chi connectivity index (χ3n) is 1.88. The van der Waals surface area contributed by atoms with Gasteiger partial charge in [0.1, 0.15) is 0 Å². The number of halogens is 1. The van der Waals surface area contributed by atoms with E-state index >= 15 is 0 Å². The zero-order chi connectivity index (χ0) is 10.7. The molecule has 0 spiro atoms. The highest BCUT2D eigenvalue weighted by atomic mass is 19.1. The van der Waals surface area contributed by atoms with E-state index in [0.717, 1.165) is 6.07 Å². The molecular formula is C11H13FO2. The van der Waals surface area contributed by atoms with Crippen LogP contribution in [0.1, 0.15) is 30.6 Å². The van der Waals surface area contributed by atoms with Gasteiger partial charge in [-0.2, -0.15) is 0 Å². The Kier molecular flexibility index (Phi) is 3.23. The molecule has 0 atom stereocenters. The molecule has 0 bridgehead atoms. The summed E-state index contributed by atoms with van der Waals surface area (Å²) in [6.45, 7) is 3.79. The minimum absolute atomic E-state index is 0.0682. The van der Waals surface area contributed by atoms with Crippen LogP contribution in [0.2, 0.25) is 0 Å². The number of rotatable bonds is 3. The highest BCUT2D eigenvalue weighted by Gasteiger charge is 2.14. The average molecular weight is 196 g/mol. The number of phenols is 1. The molecule has 0 radical (unpaired) electrons. The number of hydrogen-bond donors (Lipinski definition) is 1. The highest BCUT2D eigenvalue weighted by Crippen LogP contribution is 2.23. The number of hydrogen-bond acceptors (Lipinski definition) is 2. The monoisotopic (exact) mass is 196 g/mol. The summed E-state index contributed by atoms with van der Waals surface area (Å²) < 4.78 is 12.9. The summed E-state index contributed by atoms with van der Waals surface area (Å²) in [6.07, 6.45) is 0.316. The van der Waals surface area contributed by atoms with Crippen molar-refractivity contribution in [3.05, 3.63) is 29.6 Å². The fourth-order valence-electron chi connectivity index (χ4n) is 1.22. The maximum absolute atomic E-state index is 12.9. The number of para-hydroxylation sites is 1. The van der Waals surface area contributed by atoms with Crippen LogP contribution in [0.25, 0.3) is 0 Å². The van der Waals surface area contributed by atoms with Crippen molar-refractivity contribution in [1.82, 2.24) is 0 Å². The lowest BCUT2D eigenvalue weighted by molar-refractivity contribution is 0.0964. The molecule has 0 heterocycles. The standard InChI is InChI=1S/C11H13FO2/c1-7(2)6-10(13)8-4-3-5-9(12)11(8)14/h3-5,7,14H,6H2,1-2H3. The van der Waals surface area contributed by atoms with Gasteiger partial charge in [-0.1, -0.05) is 19.9 Å². The average Bonchev–Trinajstić information content (AvgIpc) is 2.08. The molecule has 0 fully saturated rings. The molecule has 0 aliphatic heterocycles. The lowest BCUT2D eigenvalue weighted by atomic mass is 10.0. The molecular weight excluding hydrogens is 183 g/mol. The number of Topliss-reactive ketones (excluding diaryl/α,β-unsaturated/α-hetero) is 1. The summed E-state index contributed by atoms with van der Waals surface area (Å²) in [5.74, 6) is -1.32. The van der Waals surface area contributed by atoms with Crippen molar-refractivity contribution in [1.29, 1.82) is 0 Å². The molecule has 0 aliphatic rings. The van der Waals surface area contributed by atoms with Crippen molar-refractivity contribution in [3.63, 3.8) is 0 Å². The van der Waals surface area contributed by atoms with Gasteiger partial charge in [0.2, 0.25) is 0 Å². The zero-order valence-corrected chi connectivity index (χ0v) is 8.25. The Morgan fingerprint density at radius 1 is 1.50 bits per heavy atom. The molecule has 0 aromatic heterocycles. The number of carbonyl (C=O) groups is 1. The van der Waals surface area contributed by atoms with Crippen molar-refractivity contribution < 1.29 is 14.3 Å². The van der Waals surface area contributed by atoms with Crippen LogP contribution in [-0.4, -0.2) is 10.9 Å². The first-order chi connectivity index (χ1) is 6.52. The minimum atomic E-state index is -0.750. The van der Waals surface area contributed by atoms with Gasteiger partial charge in [0.25, 0.3) is 0 Å². The summed E-state index contributed by atoms with van der Waals surface area (Å²) in [6, 6.07) is 3.98. The van der Waals surface area contributed by atoms with E-state index in [4.69, 9.17) is 0 Å². The van der Waals surface area contributed by atoms with Crippen LogP contribution in [0.4, 0.5) is 4.39 Å². The summed E-state index contributed by atoms with van der Waals surface area (Å²) in [5.41, 5.74) is 0.0682.